The number of alkyl carbamates (subject to hydrolysis) is 1. The van der Waals surface area contributed by atoms with E-state index in [0.717, 1.165) is 37.6 Å². The number of rotatable bonds is 5. The maximum absolute atomic E-state index is 13.0. The zero-order valence-corrected chi connectivity index (χ0v) is 21.1. The molecule has 0 bridgehead atoms. The predicted octanol–water partition coefficient (Wildman–Crippen LogP) is 3.19. The standard InChI is InChI=1S/C26H36N4O5/c1-26(2,3)35-24(33)27-15-17-7-5-16(6-8-17)13-18-9-10-19-21(14-18)29(4)25(34)30(19)20-11-12-22(31)28-23(20)32/h9-10,14,16-17,20H,5-8,11-13,15H2,1-4H3,(H,27,33)(H,28,31,32). The Hall–Kier alpha value is -3.10. The van der Waals surface area contributed by atoms with Crippen LogP contribution in [0, 0.1) is 11.8 Å². The number of amides is 3. The molecule has 2 aliphatic rings. The number of hydrogen-bond acceptors (Lipinski definition) is 5. The number of piperidine rings is 1. The Morgan fingerprint density at radius 1 is 1.06 bits per heavy atom. The van der Waals surface area contributed by atoms with E-state index in [2.05, 4.69) is 16.7 Å². The molecule has 1 saturated carbocycles. The van der Waals surface area contributed by atoms with Crippen molar-refractivity contribution in [3.8, 4) is 0 Å². The Morgan fingerprint density at radius 3 is 2.40 bits per heavy atom. The SMILES string of the molecule is Cn1c(=O)n(C2CCC(=O)NC2=O)c2ccc(CC3CCC(CNC(=O)OC(C)(C)C)CC3)cc21. The average Bonchev–Trinajstić information content (AvgIpc) is 3.02. The number of benzene rings is 1. The summed E-state index contributed by atoms with van der Waals surface area (Å²) in [6.45, 7) is 6.22. The summed E-state index contributed by atoms with van der Waals surface area (Å²) < 4.78 is 8.42. The molecule has 1 aliphatic carbocycles. The summed E-state index contributed by atoms with van der Waals surface area (Å²) in [7, 11) is 1.72. The minimum absolute atomic E-state index is 0.229. The first-order chi connectivity index (χ1) is 16.5. The maximum Gasteiger partial charge on any atom is 0.407 e. The second-order valence-electron chi connectivity index (χ2n) is 11.0. The highest BCUT2D eigenvalue weighted by molar-refractivity contribution is 6.00. The number of nitrogens with one attached hydrogen (secondary N) is 2. The van der Waals surface area contributed by atoms with Crippen LogP contribution in [-0.4, -0.2) is 39.2 Å². The molecule has 0 radical (unpaired) electrons. The first-order valence-electron chi connectivity index (χ1n) is 12.5. The molecule has 2 aromatic rings. The summed E-state index contributed by atoms with van der Waals surface area (Å²) in [5.41, 5.74) is 1.95. The lowest BCUT2D eigenvalue weighted by atomic mass is 9.79. The number of aryl methyl sites for hydroxylation is 1. The van der Waals surface area contributed by atoms with Crippen molar-refractivity contribution in [3.63, 3.8) is 0 Å². The number of aromatic nitrogens is 2. The molecule has 4 rings (SSSR count). The summed E-state index contributed by atoms with van der Waals surface area (Å²) in [6.07, 6.45) is 5.44. The second-order valence-corrected chi connectivity index (χ2v) is 11.0. The van der Waals surface area contributed by atoms with Crippen molar-refractivity contribution in [3.05, 3.63) is 34.2 Å². The van der Waals surface area contributed by atoms with Crippen molar-refractivity contribution in [2.45, 2.75) is 77.4 Å². The van der Waals surface area contributed by atoms with E-state index < -0.39 is 17.6 Å². The topological polar surface area (TPSA) is 111 Å². The summed E-state index contributed by atoms with van der Waals surface area (Å²) >= 11 is 0. The van der Waals surface area contributed by atoms with Gasteiger partial charge in [-0.2, -0.15) is 0 Å². The first-order valence-corrected chi connectivity index (χ1v) is 12.5. The highest BCUT2D eigenvalue weighted by atomic mass is 16.6. The highest BCUT2D eigenvalue weighted by Crippen LogP contribution is 2.32. The minimum atomic E-state index is -0.667. The molecule has 9 heteroatoms. The summed E-state index contributed by atoms with van der Waals surface area (Å²) in [6, 6.07) is 5.35. The van der Waals surface area contributed by atoms with Crippen LogP contribution in [0.1, 0.15) is 70.9 Å². The van der Waals surface area contributed by atoms with Gasteiger partial charge in [-0.05, 0) is 88.8 Å². The second kappa shape index (κ2) is 9.87. The van der Waals surface area contributed by atoms with E-state index in [4.69, 9.17) is 4.74 Å². The van der Waals surface area contributed by atoms with Crippen LogP contribution in [0.3, 0.4) is 0 Å². The van der Waals surface area contributed by atoms with E-state index >= 15 is 0 Å². The van der Waals surface area contributed by atoms with Gasteiger partial charge in [-0.3, -0.25) is 24.0 Å². The van der Waals surface area contributed by atoms with E-state index in [1.54, 1.807) is 11.6 Å². The number of imide groups is 1. The van der Waals surface area contributed by atoms with Gasteiger partial charge in [0.05, 0.1) is 11.0 Å². The third-order valence-electron chi connectivity index (χ3n) is 7.10. The fourth-order valence-corrected chi connectivity index (χ4v) is 5.28. The van der Waals surface area contributed by atoms with Crippen LogP contribution in [0.5, 0.6) is 0 Å². The van der Waals surface area contributed by atoms with Crippen LogP contribution < -0.4 is 16.3 Å². The number of hydrogen-bond donors (Lipinski definition) is 2. The predicted molar refractivity (Wildman–Crippen MR) is 132 cm³/mol. The molecule has 190 valence electrons. The monoisotopic (exact) mass is 484 g/mol. The molecule has 2 heterocycles. The Balaban J connectivity index is 1.37. The molecule has 1 atom stereocenters. The van der Waals surface area contributed by atoms with Gasteiger partial charge in [-0.25, -0.2) is 9.59 Å². The Morgan fingerprint density at radius 2 is 1.74 bits per heavy atom. The lowest BCUT2D eigenvalue weighted by Crippen LogP contribution is -2.44. The smallest absolute Gasteiger partial charge is 0.407 e. The summed E-state index contributed by atoms with van der Waals surface area (Å²) in [5, 5.41) is 5.24. The minimum Gasteiger partial charge on any atom is -0.444 e. The fraction of sp³-hybridized carbons (Fsp3) is 0.615. The van der Waals surface area contributed by atoms with Crippen LogP contribution in [0.4, 0.5) is 4.79 Å². The molecular formula is C26H36N4O5. The molecule has 3 amide bonds. The Kier molecular flexibility index (Phi) is 7.05. The van der Waals surface area contributed by atoms with Gasteiger partial charge >= 0.3 is 11.8 Å². The highest BCUT2D eigenvalue weighted by Gasteiger charge is 2.31. The number of ether oxygens (including phenoxy) is 1. The van der Waals surface area contributed by atoms with Crippen molar-refractivity contribution in [1.29, 1.82) is 0 Å². The van der Waals surface area contributed by atoms with E-state index in [0.29, 0.717) is 30.3 Å². The van der Waals surface area contributed by atoms with Gasteiger partial charge in [-0.1, -0.05) is 6.07 Å². The van der Waals surface area contributed by atoms with Crippen molar-refractivity contribution >= 4 is 28.9 Å². The van der Waals surface area contributed by atoms with Gasteiger partial charge in [-0.15, -0.1) is 0 Å². The molecule has 1 aromatic heterocycles. The van der Waals surface area contributed by atoms with Gasteiger partial charge in [0.15, 0.2) is 0 Å². The van der Waals surface area contributed by atoms with Crippen molar-refractivity contribution < 1.29 is 19.1 Å². The molecular weight excluding hydrogens is 448 g/mol. The quantitative estimate of drug-likeness (QED) is 0.633. The summed E-state index contributed by atoms with van der Waals surface area (Å²) in [4.78, 5) is 48.8. The molecule has 2 N–H and O–H groups in total. The molecule has 2 fully saturated rings. The molecule has 1 aromatic carbocycles. The molecule has 0 spiro atoms. The zero-order valence-electron chi connectivity index (χ0n) is 21.1. The number of imidazole rings is 1. The zero-order chi connectivity index (χ0) is 25.3. The lowest BCUT2D eigenvalue weighted by Gasteiger charge is -2.29. The maximum atomic E-state index is 13.0. The van der Waals surface area contributed by atoms with E-state index in [-0.39, 0.29) is 24.1 Å². The van der Waals surface area contributed by atoms with Crippen LogP contribution in [0.2, 0.25) is 0 Å². The number of nitrogens with zero attached hydrogens (tertiary/aromatic N) is 2. The van der Waals surface area contributed by atoms with Crippen LogP contribution >= 0.6 is 0 Å². The Labute approximate surface area is 205 Å². The molecule has 35 heavy (non-hydrogen) atoms. The van der Waals surface area contributed by atoms with Gasteiger partial charge in [0.1, 0.15) is 11.6 Å². The fourth-order valence-electron chi connectivity index (χ4n) is 5.28. The number of carbonyl (C=O) groups excluding carboxylic acids is 3. The van der Waals surface area contributed by atoms with Crippen molar-refractivity contribution in [2.24, 2.45) is 18.9 Å². The normalized spacial score (nSPS) is 23.3. The van der Waals surface area contributed by atoms with Gasteiger partial charge in [0.2, 0.25) is 11.8 Å². The summed E-state index contributed by atoms with van der Waals surface area (Å²) in [5.74, 6) is 0.305. The van der Waals surface area contributed by atoms with E-state index in [1.807, 2.05) is 32.9 Å². The third-order valence-corrected chi connectivity index (χ3v) is 7.10. The Bertz CT molecular complexity index is 1180. The molecule has 1 saturated heterocycles. The van der Waals surface area contributed by atoms with Crippen LogP contribution in [0.15, 0.2) is 23.0 Å². The molecule has 1 unspecified atom stereocenters. The largest absolute Gasteiger partial charge is 0.444 e. The lowest BCUT2D eigenvalue weighted by molar-refractivity contribution is -0.135. The van der Waals surface area contributed by atoms with Gasteiger partial charge in [0.25, 0.3) is 0 Å². The van der Waals surface area contributed by atoms with Gasteiger partial charge < -0.3 is 10.1 Å². The van der Waals surface area contributed by atoms with Crippen molar-refractivity contribution in [2.75, 3.05) is 6.54 Å². The number of carbonyl (C=O) groups is 3. The molecule has 1 aliphatic heterocycles. The number of fused-ring (bicyclic) bond motifs is 1. The van der Waals surface area contributed by atoms with Crippen LogP contribution in [0.25, 0.3) is 11.0 Å². The third kappa shape index (κ3) is 5.77. The van der Waals surface area contributed by atoms with Crippen LogP contribution in [-0.2, 0) is 27.8 Å². The van der Waals surface area contributed by atoms with Gasteiger partial charge in [0, 0.05) is 20.0 Å². The molecule has 9 nitrogen and oxygen atoms in total. The van der Waals surface area contributed by atoms with Crippen molar-refractivity contribution in [1.82, 2.24) is 19.8 Å². The van der Waals surface area contributed by atoms with E-state index in [9.17, 15) is 19.2 Å². The average molecular weight is 485 g/mol. The van der Waals surface area contributed by atoms with E-state index in [1.165, 1.54) is 10.1 Å². The first kappa shape index (κ1) is 25.0.